The molecular formula is C9H21Na. The molecule has 0 aliphatic rings. The predicted octanol–water partition coefficient (Wildman–Crippen LogP) is 3.11. The molecule has 0 aliphatic heterocycles. The predicted molar refractivity (Wildman–Crippen MR) is 50.8 cm³/mol. The topological polar surface area (TPSA) is 0 Å². The summed E-state index contributed by atoms with van der Waals surface area (Å²) in [5.74, 6) is 0. The molecule has 58 valence electrons. The Hall–Kier alpha value is 1.00. The minimum atomic E-state index is 0. The Morgan fingerprint density at radius 1 is 0.600 bits per heavy atom. The zero-order chi connectivity index (χ0) is 6.95. The van der Waals surface area contributed by atoms with Crippen LogP contribution >= 0.6 is 0 Å². The van der Waals surface area contributed by atoms with Crippen molar-refractivity contribution in [1.29, 1.82) is 0 Å². The summed E-state index contributed by atoms with van der Waals surface area (Å²) >= 11 is 0. The van der Waals surface area contributed by atoms with Gasteiger partial charge in [0.1, 0.15) is 0 Å². The summed E-state index contributed by atoms with van der Waals surface area (Å²) in [6, 6.07) is 0. The van der Waals surface area contributed by atoms with Crippen molar-refractivity contribution in [2.75, 3.05) is 0 Å². The molecule has 0 atom stereocenters. The van der Waals surface area contributed by atoms with Gasteiger partial charge in [0, 0.05) is 0 Å². The maximum atomic E-state index is 2.26. The van der Waals surface area contributed by atoms with Crippen LogP contribution in [0.1, 0.15) is 58.8 Å². The SMILES string of the molecule is CCCCCCCCC.[NaH]. The quantitative estimate of drug-likeness (QED) is 0.405. The van der Waals surface area contributed by atoms with Crippen molar-refractivity contribution in [2.24, 2.45) is 0 Å². The van der Waals surface area contributed by atoms with Crippen molar-refractivity contribution in [3.8, 4) is 0 Å². The Bertz CT molecular complexity index is 38.0. The molecule has 0 radical (unpaired) electrons. The zero-order valence-electron chi connectivity index (χ0n) is 6.95. The molecule has 0 spiro atoms. The average Bonchev–Trinajstić information content (AvgIpc) is 1.89. The Morgan fingerprint density at radius 2 is 0.900 bits per heavy atom. The fourth-order valence-corrected chi connectivity index (χ4v) is 1.03. The molecule has 0 saturated heterocycles. The summed E-state index contributed by atoms with van der Waals surface area (Å²) in [6.45, 7) is 4.53. The second-order valence-electron chi connectivity index (χ2n) is 2.77. The van der Waals surface area contributed by atoms with Gasteiger partial charge in [0.2, 0.25) is 0 Å². The van der Waals surface area contributed by atoms with Crippen LogP contribution in [0.4, 0.5) is 0 Å². The third-order valence-electron chi connectivity index (χ3n) is 1.71. The van der Waals surface area contributed by atoms with Gasteiger partial charge in [-0.15, -0.1) is 0 Å². The molecule has 0 aromatic carbocycles. The summed E-state index contributed by atoms with van der Waals surface area (Å²) in [7, 11) is 0. The van der Waals surface area contributed by atoms with Crippen LogP contribution in [-0.2, 0) is 0 Å². The van der Waals surface area contributed by atoms with E-state index in [2.05, 4.69) is 13.8 Å². The first kappa shape index (κ1) is 13.6. The molecule has 0 amide bonds. The van der Waals surface area contributed by atoms with E-state index in [9.17, 15) is 0 Å². The summed E-state index contributed by atoms with van der Waals surface area (Å²) in [5, 5.41) is 0. The Kier molecular flexibility index (Phi) is 17.2. The van der Waals surface area contributed by atoms with Gasteiger partial charge in [0.25, 0.3) is 0 Å². The van der Waals surface area contributed by atoms with Crippen LogP contribution in [-0.4, -0.2) is 29.6 Å². The number of unbranched alkanes of at least 4 members (excludes halogenated alkanes) is 6. The summed E-state index contributed by atoms with van der Waals surface area (Å²) in [6.07, 6.45) is 9.97. The van der Waals surface area contributed by atoms with Crippen molar-refractivity contribution in [1.82, 2.24) is 0 Å². The van der Waals surface area contributed by atoms with E-state index >= 15 is 0 Å². The van der Waals surface area contributed by atoms with Crippen molar-refractivity contribution in [2.45, 2.75) is 58.8 Å². The van der Waals surface area contributed by atoms with Gasteiger partial charge in [0.05, 0.1) is 0 Å². The van der Waals surface area contributed by atoms with Crippen molar-refractivity contribution in [3.63, 3.8) is 0 Å². The summed E-state index contributed by atoms with van der Waals surface area (Å²) < 4.78 is 0. The molecule has 0 rings (SSSR count). The van der Waals surface area contributed by atoms with Gasteiger partial charge in [-0.3, -0.25) is 0 Å². The fourth-order valence-electron chi connectivity index (χ4n) is 1.03. The van der Waals surface area contributed by atoms with Gasteiger partial charge >= 0.3 is 29.6 Å². The normalized spacial score (nSPS) is 9.00. The number of hydrogen-bond acceptors (Lipinski definition) is 0. The molecule has 0 N–H and O–H groups in total. The standard InChI is InChI=1S/C9H20.Na.H/c1-3-5-7-9-8-6-4-2;;/h3-9H2,1-2H3;;. The van der Waals surface area contributed by atoms with E-state index in [4.69, 9.17) is 0 Å². The van der Waals surface area contributed by atoms with Gasteiger partial charge < -0.3 is 0 Å². The monoisotopic (exact) mass is 152 g/mol. The second-order valence-corrected chi connectivity index (χ2v) is 2.77. The van der Waals surface area contributed by atoms with Crippen LogP contribution in [0.25, 0.3) is 0 Å². The summed E-state index contributed by atoms with van der Waals surface area (Å²) in [4.78, 5) is 0. The molecule has 0 nitrogen and oxygen atoms in total. The Labute approximate surface area is 88.1 Å². The van der Waals surface area contributed by atoms with Crippen LogP contribution in [0, 0.1) is 0 Å². The molecule has 0 aliphatic carbocycles. The molecule has 0 unspecified atom stereocenters. The molecule has 0 aromatic rings. The van der Waals surface area contributed by atoms with E-state index in [1.807, 2.05) is 0 Å². The van der Waals surface area contributed by atoms with Crippen molar-refractivity contribution >= 4 is 29.6 Å². The third-order valence-corrected chi connectivity index (χ3v) is 1.71. The molecule has 1 heteroatoms. The first-order chi connectivity index (χ1) is 4.41. The van der Waals surface area contributed by atoms with Crippen LogP contribution in [0.15, 0.2) is 0 Å². The van der Waals surface area contributed by atoms with Gasteiger partial charge in [-0.1, -0.05) is 58.8 Å². The third kappa shape index (κ3) is 11.8. The van der Waals surface area contributed by atoms with Gasteiger partial charge in [-0.2, -0.15) is 0 Å². The van der Waals surface area contributed by atoms with E-state index in [1.165, 1.54) is 44.9 Å². The van der Waals surface area contributed by atoms with Crippen LogP contribution in [0.2, 0.25) is 0 Å². The molecule has 0 aromatic heterocycles. The second kappa shape index (κ2) is 12.7. The Morgan fingerprint density at radius 3 is 1.20 bits per heavy atom. The zero-order valence-corrected chi connectivity index (χ0v) is 6.95. The van der Waals surface area contributed by atoms with E-state index in [1.54, 1.807) is 0 Å². The van der Waals surface area contributed by atoms with E-state index in [0.717, 1.165) is 0 Å². The first-order valence-corrected chi connectivity index (χ1v) is 4.41. The molecule has 0 bridgehead atoms. The van der Waals surface area contributed by atoms with Crippen LogP contribution in [0.3, 0.4) is 0 Å². The van der Waals surface area contributed by atoms with Gasteiger partial charge in [0.15, 0.2) is 0 Å². The summed E-state index contributed by atoms with van der Waals surface area (Å²) in [5.41, 5.74) is 0. The van der Waals surface area contributed by atoms with E-state index < -0.39 is 0 Å². The van der Waals surface area contributed by atoms with Gasteiger partial charge in [-0.25, -0.2) is 0 Å². The number of rotatable bonds is 6. The van der Waals surface area contributed by atoms with E-state index in [0.29, 0.717) is 0 Å². The Balaban J connectivity index is 0. The minimum absolute atomic E-state index is 0. The van der Waals surface area contributed by atoms with E-state index in [-0.39, 0.29) is 29.6 Å². The van der Waals surface area contributed by atoms with Crippen molar-refractivity contribution < 1.29 is 0 Å². The molecular weight excluding hydrogens is 131 g/mol. The van der Waals surface area contributed by atoms with Crippen LogP contribution < -0.4 is 0 Å². The molecule has 10 heavy (non-hydrogen) atoms. The molecule has 0 heterocycles. The van der Waals surface area contributed by atoms with Gasteiger partial charge in [-0.05, 0) is 0 Å². The number of hydrogen-bond donors (Lipinski definition) is 0. The fraction of sp³-hybridized carbons (Fsp3) is 1.00. The maximum absolute atomic E-state index is 2.26. The van der Waals surface area contributed by atoms with Crippen LogP contribution in [0.5, 0.6) is 0 Å². The molecule has 0 fully saturated rings. The molecule has 0 saturated carbocycles. The van der Waals surface area contributed by atoms with Crippen molar-refractivity contribution in [3.05, 3.63) is 0 Å². The average molecular weight is 152 g/mol. The first-order valence-electron chi connectivity index (χ1n) is 4.41.